The van der Waals surface area contributed by atoms with Crippen LogP contribution in [0.5, 0.6) is 17.2 Å². The molecule has 0 aromatic heterocycles. The highest BCUT2D eigenvalue weighted by molar-refractivity contribution is 6.36. The number of carbonyl (C=O) groups excluding carboxylic acids is 3. The zero-order chi connectivity index (χ0) is 23.8. The van der Waals surface area contributed by atoms with Crippen LogP contribution in [0.4, 0.5) is 5.69 Å². The van der Waals surface area contributed by atoms with Gasteiger partial charge in [0.25, 0.3) is 11.8 Å². The minimum Gasteiger partial charge on any atom is -0.493 e. The molecule has 0 bridgehead atoms. The van der Waals surface area contributed by atoms with Gasteiger partial charge in [0, 0.05) is 10.6 Å². The summed E-state index contributed by atoms with van der Waals surface area (Å²) in [6, 6.07) is 7.42. The maximum Gasteiger partial charge on any atom is 0.326 e. The Kier molecular flexibility index (Phi) is 8.98. The van der Waals surface area contributed by atoms with Crippen molar-refractivity contribution < 1.29 is 33.3 Å². The molecule has 0 aliphatic carbocycles. The number of ether oxygens (including phenoxy) is 4. The van der Waals surface area contributed by atoms with E-state index in [2.05, 4.69) is 10.6 Å². The highest BCUT2D eigenvalue weighted by Crippen LogP contribution is 2.38. The predicted molar refractivity (Wildman–Crippen MR) is 119 cm³/mol. The number of halogens is 2. The van der Waals surface area contributed by atoms with E-state index in [-0.39, 0.29) is 22.1 Å². The van der Waals surface area contributed by atoms with Crippen LogP contribution >= 0.6 is 23.2 Å². The zero-order valence-electron chi connectivity index (χ0n) is 17.8. The summed E-state index contributed by atoms with van der Waals surface area (Å²) in [4.78, 5) is 36.7. The van der Waals surface area contributed by atoms with E-state index in [0.29, 0.717) is 16.5 Å². The fraction of sp³-hybridized carbons (Fsp3) is 0.286. The van der Waals surface area contributed by atoms with Crippen LogP contribution in [0.15, 0.2) is 30.3 Å². The molecule has 0 saturated heterocycles. The summed E-state index contributed by atoms with van der Waals surface area (Å²) in [6.07, 6.45) is -1.13. The van der Waals surface area contributed by atoms with E-state index in [1.807, 2.05) is 0 Å². The number of carbonyl (C=O) groups is 3. The minimum absolute atomic E-state index is 0.176. The van der Waals surface area contributed by atoms with Crippen molar-refractivity contribution in [3.05, 3.63) is 45.9 Å². The number of methoxy groups -OCH3 is 3. The van der Waals surface area contributed by atoms with Crippen LogP contribution in [0.2, 0.25) is 10.0 Å². The van der Waals surface area contributed by atoms with Gasteiger partial charge in [-0.2, -0.15) is 0 Å². The molecular weight excluding hydrogens is 463 g/mol. The summed E-state index contributed by atoms with van der Waals surface area (Å²) in [5.74, 6) is -1.09. The second-order valence-corrected chi connectivity index (χ2v) is 7.19. The molecule has 2 aromatic carbocycles. The van der Waals surface area contributed by atoms with Gasteiger partial charge in [-0.15, -0.1) is 0 Å². The average Bonchev–Trinajstić information content (AvgIpc) is 2.77. The Labute approximate surface area is 194 Å². The maximum absolute atomic E-state index is 12.4. The van der Waals surface area contributed by atoms with Crippen molar-refractivity contribution in [3.8, 4) is 17.2 Å². The third-order valence-corrected chi connectivity index (χ3v) is 4.73. The number of benzene rings is 2. The van der Waals surface area contributed by atoms with Gasteiger partial charge in [0.15, 0.2) is 17.6 Å². The highest BCUT2D eigenvalue weighted by Gasteiger charge is 2.21. The molecule has 2 aromatic rings. The molecule has 0 aliphatic rings. The number of hydrogen-bond acceptors (Lipinski definition) is 7. The molecule has 0 unspecified atom stereocenters. The molecule has 9 nitrogen and oxygen atoms in total. The van der Waals surface area contributed by atoms with Crippen molar-refractivity contribution >= 4 is 46.7 Å². The standard InChI is InChI=1S/C21H22Cl2N2O7/c1-11(20(27)25-15-6-5-13(22)9-14(15)23)32-18(26)10-24-21(28)12-7-16(29-2)19(31-4)17(8-12)30-3/h5-9,11H,10H2,1-4H3,(H,24,28)(H,25,27)/t11-/m0/s1. The summed E-state index contributed by atoms with van der Waals surface area (Å²) in [5, 5.41) is 5.60. The van der Waals surface area contributed by atoms with E-state index < -0.39 is 30.4 Å². The van der Waals surface area contributed by atoms with Crippen LogP contribution < -0.4 is 24.8 Å². The lowest BCUT2D eigenvalue weighted by atomic mass is 10.1. The van der Waals surface area contributed by atoms with Crippen molar-refractivity contribution in [1.82, 2.24) is 5.32 Å². The zero-order valence-corrected chi connectivity index (χ0v) is 19.3. The molecule has 2 rings (SSSR count). The minimum atomic E-state index is -1.13. The normalized spacial score (nSPS) is 11.2. The van der Waals surface area contributed by atoms with E-state index >= 15 is 0 Å². The molecule has 1 atom stereocenters. The van der Waals surface area contributed by atoms with Crippen LogP contribution in [-0.2, 0) is 14.3 Å². The van der Waals surface area contributed by atoms with Crippen molar-refractivity contribution in [2.24, 2.45) is 0 Å². The Morgan fingerprint density at radius 1 is 0.969 bits per heavy atom. The van der Waals surface area contributed by atoms with Gasteiger partial charge < -0.3 is 29.6 Å². The summed E-state index contributed by atoms with van der Waals surface area (Å²) < 4.78 is 20.7. The molecule has 0 spiro atoms. The SMILES string of the molecule is COc1cc(C(=O)NCC(=O)O[C@@H](C)C(=O)Nc2ccc(Cl)cc2Cl)cc(OC)c1OC. The number of amides is 2. The first-order valence-electron chi connectivity index (χ1n) is 9.23. The highest BCUT2D eigenvalue weighted by atomic mass is 35.5. The van der Waals surface area contributed by atoms with E-state index in [1.54, 1.807) is 6.07 Å². The van der Waals surface area contributed by atoms with Gasteiger partial charge in [-0.05, 0) is 37.3 Å². The average molecular weight is 485 g/mol. The third-order valence-electron chi connectivity index (χ3n) is 4.19. The summed E-state index contributed by atoms with van der Waals surface area (Å²) in [7, 11) is 4.27. The first kappa shape index (κ1) is 25.1. The lowest BCUT2D eigenvalue weighted by molar-refractivity contribution is -0.152. The quantitative estimate of drug-likeness (QED) is 0.524. The summed E-state index contributed by atoms with van der Waals surface area (Å²) >= 11 is 11.8. The number of nitrogens with one attached hydrogen (secondary N) is 2. The van der Waals surface area contributed by atoms with E-state index in [1.165, 1.54) is 52.5 Å². The molecule has 32 heavy (non-hydrogen) atoms. The molecular formula is C21H22Cl2N2O7. The van der Waals surface area contributed by atoms with Crippen molar-refractivity contribution in [3.63, 3.8) is 0 Å². The largest absolute Gasteiger partial charge is 0.493 e. The van der Waals surface area contributed by atoms with Gasteiger partial charge in [0.2, 0.25) is 5.75 Å². The van der Waals surface area contributed by atoms with E-state index in [4.69, 9.17) is 42.1 Å². The third kappa shape index (κ3) is 6.41. The van der Waals surface area contributed by atoms with Gasteiger partial charge in [0.05, 0.1) is 32.0 Å². The Balaban J connectivity index is 1.94. The first-order valence-corrected chi connectivity index (χ1v) is 9.99. The summed E-state index contributed by atoms with van der Waals surface area (Å²) in [5.41, 5.74) is 0.496. The van der Waals surface area contributed by atoms with Gasteiger partial charge in [-0.25, -0.2) is 0 Å². The molecule has 0 saturated carbocycles. The molecule has 0 fully saturated rings. The molecule has 172 valence electrons. The fourth-order valence-corrected chi connectivity index (χ4v) is 3.04. The van der Waals surface area contributed by atoms with Crippen LogP contribution in [0, 0.1) is 0 Å². The smallest absolute Gasteiger partial charge is 0.326 e. The van der Waals surface area contributed by atoms with Crippen LogP contribution in [-0.4, -0.2) is 51.8 Å². The van der Waals surface area contributed by atoms with Gasteiger partial charge in [-0.1, -0.05) is 23.2 Å². The molecule has 11 heteroatoms. The number of hydrogen-bond donors (Lipinski definition) is 2. The Morgan fingerprint density at radius 3 is 2.12 bits per heavy atom. The molecule has 0 radical (unpaired) electrons. The molecule has 2 N–H and O–H groups in total. The van der Waals surface area contributed by atoms with Gasteiger partial charge >= 0.3 is 5.97 Å². The monoisotopic (exact) mass is 484 g/mol. The number of anilines is 1. The Bertz CT molecular complexity index is 989. The van der Waals surface area contributed by atoms with Crippen LogP contribution in [0.3, 0.4) is 0 Å². The first-order chi connectivity index (χ1) is 15.2. The topological polar surface area (TPSA) is 112 Å². The van der Waals surface area contributed by atoms with Crippen molar-refractivity contribution in [2.45, 2.75) is 13.0 Å². The Morgan fingerprint density at radius 2 is 1.59 bits per heavy atom. The lowest BCUT2D eigenvalue weighted by Gasteiger charge is -2.15. The van der Waals surface area contributed by atoms with Crippen LogP contribution in [0.1, 0.15) is 17.3 Å². The van der Waals surface area contributed by atoms with Crippen LogP contribution in [0.25, 0.3) is 0 Å². The van der Waals surface area contributed by atoms with E-state index in [9.17, 15) is 14.4 Å². The molecule has 2 amide bonds. The second-order valence-electron chi connectivity index (χ2n) is 6.34. The molecule has 0 heterocycles. The molecule has 0 aliphatic heterocycles. The van der Waals surface area contributed by atoms with Crippen molar-refractivity contribution in [1.29, 1.82) is 0 Å². The Hall–Kier alpha value is -3.17. The predicted octanol–water partition coefficient (Wildman–Crippen LogP) is 3.32. The van der Waals surface area contributed by atoms with Crippen molar-refractivity contribution in [2.75, 3.05) is 33.2 Å². The van der Waals surface area contributed by atoms with Gasteiger partial charge in [-0.3, -0.25) is 14.4 Å². The second kappa shape index (κ2) is 11.4. The van der Waals surface area contributed by atoms with E-state index in [0.717, 1.165) is 0 Å². The number of rotatable bonds is 9. The summed E-state index contributed by atoms with van der Waals surface area (Å²) in [6.45, 7) is 0.924. The lowest BCUT2D eigenvalue weighted by Crippen LogP contribution is -2.35. The maximum atomic E-state index is 12.4. The fourth-order valence-electron chi connectivity index (χ4n) is 2.58. The van der Waals surface area contributed by atoms with Gasteiger partial charge in [0.1, 0.15) is 6.54 Å². The number of esters is 1.